The van der Waals surface area contributed by atoms with Gasteiger partial charge in [0.15, 0.2) is 5.69 Å². The van der Waals surface area contributed by atoms with Crippen LogP contribution in [0, 0.1) is 0 Å². The lowest BCUT2D eigenvalue weighted by Crippen LogP contribution is -2.38. The summed E-state index contributed by atoms with van der Waals surface area (Å²) in [4.78, 5) is 11.9. The molecule has 1 aromatic carbocycles. The van der Waals surface area contributed by atoms with Crippen molar-refractivity contribution in [3.8, 4) is 0 Å². The molecular weight excluding hydrogens is 284 g/mol. The van der Waals surface area contributed by atoms with Gasteiger partial charge in [-0.1, -0.05) is 15.9 Å². The van der Waals surface area contributed by atoms with Gasteiger partial charge < -0.3 is 11.1 Å². The zero-order chi connectivity index (χ0) is 12.4. The Morgan fingerprint density at radius 2 is 2.41 bits per heavy atom. The molecule has 1 heterocycles. The monoisotopic (exact) mass is 296 g/mol. The van der Waals surface area contributed by atoms with Gasteiger partial charge in [-0.05, 0) is 25.1 Å². The molecule has 0 fully saturated rings. The Labute approximate surface area is 107 Å². The molecule has 5 nitrogen and oxygen atoms in total. The largest absolute Gasteiger partial charge is 0.347 e. The van der Waals surface area contributed by atoms with Gasteiger partial charge in [0.1, 0.15) is 0 Å². The Balaban J connectivity index is 2.35. The van der Waals surface area contributed by atoms with Crippen LogP contribution in [-0.4, -0.2) is 28.7 Å². The smallest absolute Gasteiger partial charge is 0.272 e. The van der Waals surface area contributed by atoms with Gasteiger partial charge in [0, 0.05) is 22.4 Å². The third kappa shape index (κ3) is 2.48. The van der Waals surface area contributed by atoms with Crippen LogP contribution >= 0.6 is 15.9 Å². The van der Waals surface area contributed by atoms with Gasteiger partial charge in [-0.15, -0.1) is 0 Å². The van der Waals surface area contributed by atoms with E-state index in [1.807, 2.05) is 25.1 Å². The van der Waals surface area contributed by atoms with E-state index in [1.165, 1.54) is 0 Å². The SMILES string of the molecule is C[C@@H](CN)NC(=O)c1n[nH]c2ccc(Br)cc12. The number of H-pyrrole nitrogens is 1. The standard InChI is InChI=1S/C11H13BrN4O/c1-6(5-13)14-11(17)10-8-4-7(12)2-3-9(8)15-16-10/h2-4,6H,5,13H2,1H3,(H,14,17)(H,15,16)/t6-/m0/s1. The molecule has 0 spiro atoms. The first-order valence-corrected chi connectivity index (χ1v) is 6.05. The number of carbonyl (C=O) groups is 1. The second kappa shape index (κ2) is 4.85. The number of benzene rings is 1. The van der Waals surface area contributed by atoms with Crippen molar-refractivity contribution in [2.24, 2.45) is 5.73 Å². The van der Waals surface area contributed by atoms with Crippen LogP contribution in [0.2, 0.25) is 0 Å². The first kappa shape index (κ1) is 12.1. The Morgan fingerprint density at radius 3 is 3.12 bits per heavy atom. The van der Waals surface area contributed by atoms with Crippen LogP contribution in [0.15, 0.2) is 22.7 Å². The number of aromatic amines is 1. The molecule has 90 valence electrons. The van der Waals surface area contributed by atoms with Crippen molar-refractivity contribution in [3.63, 3.8) is 0 Å². The summed E-state index contributed by atoms with van der Waals surface area (Å²) >= 11 is 3.37. The summed E-state index contributed by atoms with van der Waals surface area (Å²) in [5, 5.41) is 10.4. The van der Waals surface area contributed by atoms with Gasteiger partial charge in [0.2, 0.25) is 0 Å². The van der Waals surface area contributed by atoms with Crippen molar-refractivity contribution >= 4 is 32.7 Å². The minimum absolute atomic E-state index is 0.0681. The van der Waals surface area contributed by atoms with Gasteiger partial charge >= 0.3 is 0 Å². The van der Waals surface area contributed by atoms with Gasteiger partial charge in [-0.2, -0.15) is 5.10 Å². The highest BCUT2D eigenvalue weighted by atomic mass is 79.9. The number of carbonyl (C=O) groups excluding carboxylic acids is 1. The van der Waals surface area contributed by atoms with Crippen molar-refractivity contribution in [1.29, 1.82) is 0 Å². The molecule has 1 amide bonds. The molecule has 4 N–H and O–H groups in total. The first-order valence-electron chi connectivity index (χ1n) is 5.26. The topological polar surface area (TPSA) is 83.8 Å². The average molecular weight is 297 g/mol. The van der Waals surface area contributed by atoms with E-state index in [1.54, 1.807) is 0 Å². The van der Waals surface area contributed by atoms with E-state index in [0.717, 1.165) is 15.4 Å². The zero-order valence-corrected chi connectivity index (χ0v) is 10.9. The summed E-state index contributed by atoms with van der Waals surface area (Å²) in [5.74, 6) is -0.215. The number of nitrogens with two attached hydrogens (primary N) is 1. The number of amides is 1. The summed E-state index contributed by atoms with van der Waals surface area (Å²) in [6.45, 7) is 2.25. The predicted octanol–water partition coefficient (Wildman–Crippen LogP) is 1.40. The van der Waals surface area contributed by atoms with E-state index in [9.17, 15) is 4.79 Å². The van der Waals surface area contributed by atoms with Crippen molar-refractivity contribution < 1.29 is 4.79 Å². The minimum atomic E-state index is -0.215. The molecule has 0 aliphatic heterocycles. The number of nitrogens with one attached hydrogen (secondary N) is 2. The van der Waals surface area contributed by atoms with Crippen LogP contribution in [0.1, 0.15) is 17.4 Å². The highest BCUT2D eigenvalue weighted by Crippen LogP contribution is 2.20. The fraction of sp³-hybridized carbons (Fsp3) is 0.273. The number of fused-ring (bicyclic) bond motifs is 1. The second-order valence-electron chi connectivity index (χ2n) is 3.87. The molecule has 0 unspecified atom stereocenters. The Morgan fingerprint density at radius 1 is 1.65 bits per heavy atom. The van der Waals surface area contributed by atoms with Crippen LogP contribution in [0.4, 0.5) is 0 Å². The molecule has 0 aliphatic rings. The molecule has 1 aromatic heterocycles. The third-order valence-electron chi connectivity index (χ3n) is 2.47. The van der Waals surface area contributed by atoms with E-state index in [2.05, 4.69) is 31.4 Å². The summed E-state index contributed by atoms with van der Waals surface area (Å²) < 4.78 is 0.910. The lowest BCUT2D eigenvalue weighted by atomic mass is 10.2. The van der Waals surface area contributed by atoms with Crippen molar-refractivity contribution in [3.05, 3.63) is 28.4 Å². The Hall–Kier alpha value is -1.40. The normalized spacial score (nSPS) is 12.6. The summed E-state index contributed by atoms with van der Waals surface area (Å²) in [5.41, 5.74) is 6.68. The molecule has 2 rings (SSSR count). The number of nitrogens with zero attached hydrogens (tertiary/aromatic N) is 1. The third-order valence-corrected chi connectivity index (χ3v) is 2.96. The molecule has 17 heavy (non-hydrogen) atoms. The predicted molar refractivity (Wildman–Crippen MR) is 69.8 cm³/mol. The number of halogens is 1. The molecule has 1 atom stereocenters. The number of hydrogen-bond acceptors (Lipinski definition) is 3. The maximum Gasteiger partial charge on any atom is 0.272 e. The number of hydrogen-bond donors (Lipinski definition) is 3. The summed E-state index contributed by atoms with van der Waals surface area (Å²) in [6, 6.07) is 5.56. The first-order chi connectivity index (χ1) is 8.11. The number of aromatic nitrogens is 2. The van der Waals surface area contributed by atoms with E-state index < -0.39 is 0 Å². The average Bonchev–Trinajstić information content (AvgIpc) is 2.71. The van der Waals surface area contributed by atoms with Crippen LogP contribution in [-0.2, 0) is 0 Å². The van der Waals surface area contributed by atoms with Crippen LogP contribution < -0.4 is 11.1 Å². The van der Waals surface area contributed by atoms with Crippen LogP contribution in [0.25, 0.3) is 10.9 Å². The van der Waals surface area contributed by atoms with Gasteiger partial charge in [0.05, 0.1) is 5.52 Å². The lowest BCUT2D eigenvalue weighted by Gasteiger charge is -2.09. The lowest BCUT2D eigenvalue weighted by molar-refractivity contribution is 0.0938. The minimum Gasteiger partial charge on any atom is -0.347 e. The molecular formula is C11H13BrN4O. The summed E-state index contributed by atoms with van der Waals surface area (Å²) in [7, 11) is 0. The van der Waals surface area contributed by atoms with Crippen LogP contribution in [0.5, 0.6) is 0 Å². The van der Waals surface area contributed by atoms with Gasteiger partial charge in [-0.25, -0.2) is 0 Å². The highest BCUT2D eigenvalue weighted by molar-refractivity contribution is 9.10. The van der Waals surface area contributed by atoms with Crippen molar-refractivity contribution in [2.75, 3.05) is 6.54 Å². The van der Waals surface area contributed by atoms with Crippen molar-refractivity contribution in [1.82, 2.24) is 15.5 Å². The van der Waals surface area contributed by atoms with Gasteiger partial charge in [-0.3, -0.25) is 9.89 Å². The van der Waals surface area contributed by atoms with Gasteiger partial charge in [0.25, 0.3) is 5.91 Å². The number of rotatable bonds is 3. The van der Waals surface area contributed by atoms with E-state index in [0.29, 0.717) is 12.2 Å². The molecule has 0 saturated heterocycles. The zero-order valence-electron chi connectivity index (χ0n) is 9.33. The maximum atomic E-state index is 11.9. The highest BCUT2D eigenvalue weighted by Gasteiger charge is 2.15. The van der Waals surface area contributed by atoms with E-state index >= 15 is 0 Å². The molecule has 0 aliphatic carbocycles. The fourth-order valence-electron chi connectivity index (χ4n) is 1.51. The maximum absolute atomic E-state index is 11.9. The second-order valence-corrected chi connectivity index (χ2v) is 4.79. The Bertz CT molecular complexity index is 551. The van der Waals surface area contributed by atoms with E-state index in [4.69, 9.17) is 5.73 Å². The molecule has 6 heteroatoms. The summed E-state index contributed by atoms with van der Waals surface area (Å²) in [6.07, 6.45) is 0. The molecule has 0 bridgehead atoms. The van der Waals surface area contributed by atoms with Crippen molar-refractivity contribution in [2.45, 2.75) is 13.0 Å². The quantitative estimate of drug-likeness (QED) is 0.800. The fourth-order valence-corrected chi connectivity index (χ4v) is 1.87. The molecule has 2 aromatic rings. The van der Waals surface area contributed by atoms with Crippen LogP contribution in [0.3, 0.4) is 0 Å². The Kier molecular flexibility index (Phi) is 3.44. The molecule has 0 radical (unpaired) electrons. The van der Waals surface area contributed by atoms with E-state index in [-0.39, 0.29) is 11.9 Å². The molecule has 0 saturated carbocycles.